The number of hydrogen-bond acceptors (Lipinski definition) is 4. The SMILES string of the molecule is O=C(OCCBr)C(O)O. The van der Waals surface area contributed by atoms with Crippen LogP contribution < -0.4 is 0 Å². The fourth-order valence-corrected chi connectivity index (χ4v) is 0.376. The Morgan fingerprint density at radius 3 is 2.56 bits per heavy atom. The van der Waals surface area contributed by atoms with Gasteiger partial charge in [0.1, 0.15) is 6.61 Å². The molecule has 0 spiro atoms. The van der Waals surface area contributed by atoms with Gasteiger partial charge in [-0.3, -0.25) is 0 Å². The smallest absolute Gasteiger partial charge is 0.363 e. The topological polar surface area (TPSA) is 66.8 Å². The molecular formula is C4H7BrO4. The molecular weight excluding hydrogens is 192 g/mol. The third kappa shape index (κ3) is 4.38. The van der Waals surface area contributed by atoms with Crippen molar-refractivity contribution in [1.29, 1.82) is 0 Å². The van der Waals surface area contributed by atoms with Gasteiger partial charge in [-0.25, -0.2) is 4.79 Å². The van der Waals surface area contributed by atoms with Gasteiger partial charge in [0.15, 0.2) is 0 Å². The normalized spacial score (nSPS) is 9.78. The summed E-state index contributed by atoms with van der Waals surface area (Å²) < 4.78 is 4.27. The maximum atomic E-state index is 10.2. The minimum absolute atomic E-state index is 0.149. The van der Waals surface area contributed by atoms with E-state index in [0.717, 1.165) is 0 Å². The third-order valence-corrected chi connectivity index (χ3v) is 0.856. The molecule has 9 heavy (non-hydrogen) atoms. The second-order valence-electron chi connectivity index (χ2n) is 1.23. The third-order valence-electron chi connectivity index (χ3n) is 0.532. The predicted octanol–water partition coefficient (Wildman–Crippen LogP) is -0.765. The number of rotatable bonds is 3. The summed E-state index contributed by atoms with van der Waals surface area (Å²) in [5, 5.41) is 16.7. The lowest BCUT2D eigenvalue weighted by molar-refractivity contribution is -0.172. The van der Waals surface area contributed by atoms with E-state index in [2.05, 4.69) is 20.7 Å². The summed E-state index contributed by atoms with van der Waals surface area (Å²) in [6, 6.07) is 0. The second kappa shape index (κ2) is 4.72. The Kier molecular flexibility index (Phi) is 4.65. The summed E-state index contributed by atoms with van der Waals surface area (Å²) in [5.74, 6) is -1.02. The van der Waals surface area contributed by atoms with Crippen LogP contribution in [-0.2, 0) is 9.53 Å². The van der Waals surface area contributed by atoms with Crippen LogP contribution >= 0.6 is 15.9 Å². The molecule has 2 N–H and O–H groups in total. The zero-order valence-corrected chi connectivity index (χ0v) is 6.17. The highest BCUT2D eigenvalue weighted by Gasteiger charge is 2.10. The molecule has 4 nitrogen and oxygen atoms in total. The monoisotopic (exact) mass is 198 g/mol. The highest BCUT2D eigenvalue weighted by atomic mass is 79.9. The van der Waals surface area contributed by atoms with Crippen LogP contribution in [0, 0.1) is 0 Å². The van der Waals surface area contributed by atoms with Gasteiger partial charge >= 0.3 is 5.97 Å². The van der Waals surface area contributed by atoms with Gasteiger partial charge in [-0.15, -0.1) is 0 Å². The van der Waals surface area contributed by atoms with Gasteiger partial charge in [-0.05, 0) is 0 Å². The van der Waals surface area contributed by atoms with E-state index in [9.17, 15) is 4.79 Å². The molecule has 0 aliphatic heterocycles. The van der Waals surface area contributed by atoms with Gasteiger partial charge in [0, 0.05) is 5.33 Å². The summed E-state index contributed by atoms with van der Waals surface area (Å²) >= 11 is 2.99. The first-order chi connectivity index (χ1) is 4.18. The summed E-state index contributed by atoms with van der Waals surface area (Å²) in [6.07, 6.45) is -2.01. The summed E-state index contributed by atoms with van der Waals surface area (Å²) in [6.45, 7) is 0.149. The van der Waals surface area contributed by atoms with Gasteiger partial charge in [0.25, 0.3) is 6.29 Å². The average molecular weight is 199 g/mol. The van der Waals surface area contributed by atoms with Crippen LogP contribution in [0.3, 0.4) is 0 Å². The van der Waals surface area contributed by atoms with Crippen molar-refractivity contribution in [2.24, 2.45) is 0 Å². The highest BCUT2D eigenvalue weighted by molar-refractivity contribution is 9.09. The van der Waals surface area contributed by atoms with Crippen LogP contribution in [0.5, 0.6) is 0 Å². The van der Waals surface area contributed by atoms with Crippen molar-refractivity contribution in [2.75, 3.05) is 11.9 Å². The van der Waals surface area contributed by atoms with Gasteiger partial charge in [-0.1, -0.05) is 15.9 Å². The quantitative estimate of drug-likeness (QED) is 0.356. The van der Waals surface area contributed by atoms with Crippen molar-refractivity contribution in [1.82, 2.24) is 0 Å². The largest absolute Gasteiger partial charge is 0.461 e. The second-order valence-corrected chi connectivity index (χ2v) is 2.02. The molecule has 0 saturated carbocycles. The van der Waals surface area contributed by atoms with Gasteiger partial charge < -0.3 is 14.9 Å². The van der Waals surface area contributed by atoms with Crippen molar-refractivity contribution >= 4 is 21.9 Å². The Morgan fingerprint density at radius 2 is 2.22 bits per heavy atom. The van der Waals surface area contributed by atoms with Crippen LogP contribution in [-0.4, -0.2) is 34.4 Å². The van der Waals surface area contributed by atoms with E-state index in [-0.39, 0.29) is 6.61 Å². The van der Waals surface area contributed by atoms with Crippen molar-refractivity contribution < 1.29 is 19.7 Å². The molecule has 0 aromatic carbocycles. The van der Waals surface area contributed by atoms with Crippen LogP contribution in [0.15, 0.2) is 0 Å². The first-order valence-electron chi connectivity index (χ1n) is 2.27. The van der Waals surface area contributed by atoms with E-state index in [4.69, 9.17) is 10.2 Å². The minimum atomic E-state index is -2.01. The first kappa shape index (κ1) is 8.87. The molecule has 0 fully saturated rings. The number of aliphatic hydroxyl groups is 2. The van der Waals surface area contributed by atoms with Crippen molar-refractivity contribution in [3.8, 4) is 0 Å². The van der Waals surface area contributed by atoms with Crippen molar-refractivity contribution in [3.63, 3.8) is 0 Å². The molecule has 54 valence electrons. The Balaban J connectivity index is 3.28. The predicted molar refractivity (Wildman–Crippen MR) is 33.0 cm³/mol. The van der Waals surface area contributed by atoms with Crippen molar-refractivity contribution in [3.05, 3.63) is 0 Å². The Labute approximate surface area is 60.6 Å². The van der Waals surface area contributed by atoms with Gasteiger partial charge in [0.05, 0.1) is 0 Å². The number of ether oxygens (including phenoxy) is 1. The first-order valence-corrected chi connectivity index (χ1v) is 3.39. The molecule has 0 heterocycles. The summed E-state index contributed by atoms with van der Waals surface area (Å²) in [4.78, 5) is 10.2. The van der Waals surface area contributed by atoms with Crippen LogP contribution in [0.25, 0.3) is 0 Å². The van der Waals surface area contributed by atoms with Crippen LogP contribution in [0.2, 0.25) is 0 Å². The number of hydrogen-bond donors (Lipinski definition) is 2. The number of carbonyl (C=O) groups excluding carboxylic acids is 1. The van der Waals surface area contributed by atoms with E-state index in [1.165, 1.54) is 0 Å². The Hall–Kier alpha value is -0.130. The van der Waals surface area contributed by atoms with Crippen LogP contribution in [0.4, 0.5) is 0 Å². The Bertz CT molecular complexity index is 92.6. The number of alkyl halides is 1. The zero-order valence-electron chi connectivity index (χ0n) is 4.58. The fourth-order valence-electron chi connectivity index (χ4n) is 0.214. The molecule has 0 rings (SSSR count). The maximum absolute atomic E-state index is 10.2. The zero-order chi connectivity index (χ0) is 7.28. The van der Waals surface area contributed by atoms with Crippen LogP contribution in [0.1, 0.15) is 0 Å². The van der Waals surface area contributed by atoms with E-state index >= 15 is 0 Å². The van der Waals surface area contributed by atoms with Gasteiger partial charge in [-0.2, -0.15) is 0 Å². The van der Waals surface area contributed by atoms with E-state index in [1.54, 1.807) is 0 Å². The number of carbonyl (C=O) groups is 1. The fraction of sp³-hybridized carbons (Fsp3) is 0.750. The molecule has 0 aliphatic carbocycles. The maximum Gasteiger partial charge on any atom is 0.363 e. The number of halogens is 1. The summed E-state index contributed by atoms with van der Waals surface area (Å²) in [5.41, 5.74) is 0. The lowest BCUT2D eigenvalue weighted by Crippen LogP contribution is -2.22. The lowest BCUT2D eigenvalue weighted by atomic mass is 10.6. The molecule has 5 heteroatoms. The molecule has 0 radical (unpaired) electrons. The molecule has 0 bridgehead atoms. The average Bonchev–Trinajstić information content (AvgIpc) is 1.82. The molecule has 0 atom stereocenters. The van der Waals surface area contributed by atoms with E-state index in [1.807, 2.05) is 0 Å². The molecule has 0 aliphatic rings. The molecule has 0 saturated heterocycles. The number of aliphatic hydroxyl groups excluding tert-OH is 1. The standard InChI is InChI=1S/C4H7BrO4/c5-1-2-9-4(8)3(6)7/h3,6-7H,1-2H2. The number of esters is 1. The summed E-state index contributed by atoms with van der Waals surface area (Å²) in [7, 11) is 0. The van der Waals surface area contributed by atoms with E-state index in [0.29, 0.717) is 5.33 Å². The minimum Gasteiger partial charge on any atom is -0.461 e. The van der Waals surface area contributed by atoms with Gasteiger partial charge in [0.2, 0.25) is 0 Å². The van der Waals surface area contributed by atoms with Crippen molar-refractivity contribution in [2.45, 2.75) is 6.29 Å². The molecule has 0 aromatic rings. The lowest BCUT2D eigenvalue weighted by Gasteiger charge is -2.01. The molecule has 0 amide bonds. The molecule has 0 aromatic heterocycles. The molecule has 0 unspecified atom stereocenters. The van der Waals surface area contributed by atoms with E-state index < -0.39 is 12.3 Å². The Morgan fingerprint density at radius 1 is 1.67 bits per heavy atom. The highest BCUT2D eigenvalue weighted by Crippen LogP contribution is 1.85.